The molecular weight excluding hydrogens is 362 g/mol. The van der Waals surface area contributed by atoms with Gasteiger partial charge in [0.05, 0.1) is 0 Å². The number of benzene rings is 2. The Morgan fingerprint density at radius 2 is 1.50 bits per heavy atom. The van der Waals surface area contributed by atoms with Gasteiger partial charge in [-0.2, -0.15) is 10.9 Å². The normalized spacial score (nSPS) is 16.4. The summed E-state index contributed by atoms with van der Waals surface area (Å²) in [4.78, 5) is 6.99. The van der Waals surface area contributed by atoms with Gasteiger partial charge in [-0.15, -0.1) is 0 Å². The zero-order valence-electron chi connectivity index (χ0n) is 15.3. The Balaban J connectivity index is 2.28. The fraction of sp³-hybridized carbons (Fsp3) is 0.286. The van der Waals surface area contributed by atoms with E-state index in [-0.39, 0.29) is 0 Å². The van der Waals surface area contributed by atoms with Gasteiger partial charge in [0.25, 0.3) is 6.42 Å². The molecule has 0 spiro atoms. The van der Waals surface area contributed by atoms with E-state index in [1.54, 1.807) is 0 Å². The first-order valence-corrected chi connectivity index (χ1v) is 10.1. The van der Waals surface area contributed by atoms with Gasteiger partial charge in [0.1, 0.15) is 4.84 Å². The van der Waals surface area contributed by atoms with Crippen LogP contribution in [0.25, 0.3) is 0 Å². The van der Waals surface area contributed by atoms with Gasteiger partial charge in [-0.25, -0.2) is 0 Å². The summed E-state index contributed by atoms with van der Waals surface area (Å²) >= 11 is 12.5. The second-order valence-corrected chi connectivity index (χ2v) is 7.88. The third-order valence-corrected chi connectivity index (χ3v) is 5.55. The average molecular weight is 386 g/mol. The van der Waals surface area contributed by atoms with Crippen LogP contribution in [0, 0.1) is 0 Å². The highest BCUT2D eigenvalue weighted by molar-refractivity contribution is 7.00. The number of nitrogens with zero attached hydrogens (tertiary/aromatic N) is 2. The minimum Gasteiger partial charge on any atom is -0.523 e. The topological polar surface area (TPSA) is 15.6 Å². The lowest BCUT2D eigenvalue weighted by Gasteiger charge is -2.54. The number of hydrogen-bond donors (Lipinski definition) is 0. The highest BCUT2D eigenvalue weighted by Crippen LogP contribution is 2.26. The Morgan fingerprint density at radius 1 is 0.962 bits per heavy atom. The predicted octanol–water partition coefficient (Wildman–Crippen LogP) is 4.51. The second-order valence-electron chi connectivity index (χ2n) is 6.78. The van der Waals surface area contributed by atoms with Crippen molar-refractivity contribution < 1.29 is 0 Å². The smallest absolute Gasteiger partial charge is 0.252 e. The largest absolute Gasteiger partial charge is 0.523 e. The van der Waals surface area contributed by atoms with Crippen molar-refractivity contribution in [1.82, 2.24) is 4.81 Å². The van der Waals surface area contributed by atoms with Crippen LogP contribution in [-0.2, 0) is 0 Å². The van der Waals surface area contributed by atoms with Gasteiger partial charge in [-0.3, -0.25) is 0 Å². The summed E-state index contributed by atoms with van der Waals surface area (Å²) < 4.78 is 0. The molecule has 136 valence electrons. The molecule has 0 fully saturated rings. The summed E-state index contributed by atoms with van der Waals surface area (Å²) in [7, 11) is 0. The SMILES string of the molecule is CCCCN1C(C)=CC(C(Cl)Cl)=N[B-]1(c1ccccc1)c1ccccc1. The summed E-state index contributed by atoms with van der Waals surface area (Å²) in [6.07, 6.45) is 2.72. The van der Waals surface area contributed by atoms with Crippen LogP contribution in [0.2, 0.25) is 0 Å². The van der Waals surface area contributed by atoms with Crippen LogP contribution in [0.1, 0.15) is 26.7 Å². The van der Waals surface area contributed by atoms with Crippen molar-refractivity contribution in [2.75, 3.05) is 6.54 Å². The van der Waals surface area contributed by atoms with Crippen molar-refractivity contribution >= 4 is 46.3 Å². The number of allylic oxidation sites excluding steroid dienone is 2. The van der Waals surface area contributed by atoms with E-state index in [4.69, 9.17) is 28.1 Å². The molecule has 0 amide bonds. The molecule has 1 aliphatic heterocycles. The van der Waals surface area contributed by atoms with Gasteiger partial charge in [-0.1, -0.05) is 97.2 Å². The number of rotatable bonds is 6. The Kier molecular flexibility index (Phi) is 6.11. The van der Waals surface area contributed by atoms with E-state index in [2.05, 4.69) is 67.2 Å². The van der Waals surface area contributed by atoms with E-state index in [1.807, 2.05) is 18.2 Å². The van der Waals surface area contributed by atoms with Gasteiger partial charge < -0.3 is 9.71 Å². The first-order chi connectivity index (χ1) is 12.6. The third kappa shape index (κ3) is 3.56. The lowest BCUT2D eigenvalue weighted by molar-refractivity contribution is 0.498. The molecule has 0 saturated carbocycles. The molecule has 0 atom stereocenters. The summed E-state index contributed by atoms with van der Waals surface area (Å²) in [5.41, 5.74) is 4.23. The highest BCUT2D eigenvalue weighted by atomic mass is 35.5. The quantitative estimate of drug-likeness (QED) is 0.527. The molecule has 2 nitrogen and oxygen atoms in total. The van der Waals surface area contributed by atoms with E-state index >= 15 is 0 Å². The Hall–Kier alpha value is -1.71. The van der Waals surface area contributed by atoms with Crippen LogP contribution >= 0.6 is 23.2 Å². The van der Waals surface area contributed by atoms with Crippen LogP contribution in [0.4, 0.5) is 0 Å². The average Bonchev–Trinajstić information content (AvgIpc) is 2.67. The van der Waals surface area contributed by atoms with Crippen molar-refractivity contribution in [2.45, 2.75) is 31.5 Å². The minimum atomic E-state index is -1.54. The zero-order valence-corrected chi connectivity index (χ0v) is 16.8. The molecule has 2 aromatic rings. The van der Waals surface area contributed by atoms with Crippen molar-refractivity contribution in [2.24, 2.45) is 4.90 Å². The Morgan fingerprint density at radius 3 is 1.96 bits per heavy atom. The van der Waals surface area contributed by atoms with E-state index in [0.29, 0.717) is 0 Å². The lowest BCUT2D eigenvalue weighted by atomic mass is 9.35. The van der Waals surface area contributed by atoms with Crippen LogP contribution in [0.3, 0.4) is 0 Å². The van der Waals surface area contributed by atoms with E-state index < -0.39 is 11.3 Å². The van der Waals surface area contributed by atoms with Gasteiger partial charge in [-0.05, 0) is 31.7 Å². The fourth-order valence-electron chi connectivity index (χ4n) is 3.87. The first kappa shape index (κ1) is 19.1. The summed E-state index contributed by atoms with van der Waals surface area (Å²) in [6.45, 7) is 5.28. The van der Waals surface area contributed by atoms with Crippen LogP contribution in [0.15, 0.2) is 77.3 Å². The van der Waals surface area contributed by atoms with Crippen molar-refractivity contribution in [3.63, 3.8) is 0 Å². The summed E-state index contributed by atoms with van der Waals surface area (Å²) in [5.74, 6) is 0. The molecular formula is C21H24BCl2N2-. The molecule has 2 aromatic carbocycles. The molecule has 0 unspecified atom stereocenters. The van der Waals surface area contributed by atoms with E-state index in [9.17, 15) is 0 Å². The van der Waals surface area contributed by atoms with Gasteiger partial charge in [0.15, 0.2) is 0 Å². The maximum atomic E-state index is 6.26. The maximum Gasteiger partial charge on any atom is 0.252 e. The van der Waals surface area contributed by atoms with Crippen LogP contribution in [-0.4, -0.2) is 28.3 Å². The van der Waals surface area contributed by atoms with Crippen LogP contribution < -0.4 is 10.9 Å². The molecule has 0 radical (unpaired) electrons. The van der Waals surface area contributed by atoms with Crippen molar-refractivity contribution in [1.29, 1.82) is 0 Å². The van der Waals surface area contributed by atoms with Crippen molar-refractivity contribution in [3.8, 4) is 0 Å². The second kappa shape index (κ2) is 8.32. The van der Waals surface area contributed by atoms with Gasteiger partial charge >= 0.3 is 0 Å². The molecule has 1 aliphatic rings. The van der Waals surface area contributed by atoms with Crippen molar-refractivity contribution in [3.05, 3.63) is 72.4 Å². The molecule has 0 N–H and O–H groups in total. The van der Waals surface area contributed by atoms with E-state index in [1.165, 1.54) is 10.9 Å². The van der Waals surface area contributed by atoms with Gasteiger partial charge in [0.2, 0.25) is 0 Å². The van der Waals surface area contributed by atoms with Gasteiger partial charge in [0, 0.05) is 5.71 Å². The standard InChI is InChI=1S/C21H24BCl2N2/c1-3-4-15-26-17(2)16-20(21(23)24)25-22(26,18-11-7-5-8-12-18)19-13-9-6-10-14-19/h5-14,16,21H,3-4,15H2,1-2H3/q-1. The first-order valence-electron chi connectivity index (χ1n) is 9.19. The number of hydrogen-bond acceptors (Lipinski definition) is 2. The predicted molar refractivity (Wildman–Crippen MR) is 116 cm³/mol. The Labute approximate surface area is 166 Å². The zero-order chi connectivity index (χ0) is 18.6. The summed E-state index contributed by atoms with van der Waals surface area (Å²) in [6, 6.07) is 21.0. The molecule has 1 heterocycles. The molecule has 0 aromatic heterocycles. The number of halogens is 2. The van der Waals surface area contributed by atoms with Crippen LogP contribution in [0.5, 0.6) is 0 Å². The number of unbranched alkanes of at least 4 members (excludes halogenated alkanes) is 1. The third-order valence-electron chi connectivity index (χ3n) is 5.10. The Bertz CT molecular complexity index is 749. The molecule has 3 rings (SSSR count). The molecule has 5 heteroatoms. The minimum absolute atomic E-state index is 0.646. The number of alkyl halides is 2. The van der Waals surface area contributed by atoms with E-state index in [0.717, 1.165) is 30.8 Å². The lowest BCUT2D eigenvalue weighted by Crippen LogP contribution is -2.70. The molecule has 0 aliphatic carbocycles. The summed E-state index contributed by atoms with van der Waals surface area (Å²) in [5, 5.41) is 0. The highest BCUT2D eigenvalue weighted by Gasteiger charge is 2.37. The maximum absolute atomic E-state index is 6.26. The monoisotopic (exact) mass is 385 g/mol. The molecule has 0 saturated heterocycles. The fourth-order valence-corrected chi connectivity index (χ4v) is 4.11. The molecule has 0 bridgehead atoms. The molecule has 26 heavy (non-hydrogen) atoms.